The Balaban J connectivity index is 0.000000186. The number of fused-ring (bicyclic) bond motifs is 2. The Kier molecular flexibility index (Phi) is 13.7. The largest absolute Gasteiger partial charge is 0.392 e. The molecule has 0 aliphatic heterocycles. The predicted octanol–water partition coefficient (Wildman–Crippen LogP) is 11.1. The number of nitrogens with one attached hydrogen (secondary N) is 4. The van der Waals surface area contributed by atoms with Gasteiger partial charge in [-0.05, 0) is 128 Å². The average Bonchev–Trinajstić information content (AvgIpc) is 4.19. The van der Waals surface area contributed by atoms with Gasteiger partial charge in [-0.3, -0.25) is 18.7 Å². The number of hydrogen-bond acceptors (Lipinski definition) is 7. The van der Waals surface area contributed by atoms with E-state index in [9.17, 15) is 41.0 Å². The zero-order valence-corrected chi connectivity index (χ0v) is 38.0. The Morgan fingerprint density at radius 3 is 1.61 bits per heavy atom. The van der Waals surface area contributed by atoms with Crippen LogP contribution in [-0.2, 0) is 6.61 Å². The topological polar surface area (TPSA) is 138 Å². The second kappa shape index (κ2) is 19.4. The third-order valence-corrected chi connectivity index (χ3v) is 12.0. The number of aryl methyl sites for hydroxylation is 2. The third-order valence-electron chi connectivity index (χ3n) is 11.5. The summed E-state index contributed by atoms with van der Waals surface area (Å²) < 4.78 is 80.3. The van der Waals surface area contributed by atoms with Gasteiger partial charge >= 0.3 is 12.4 Å². The fraction of sp³-hybridized carbons (Fsp3) is 0.306. The highest BCUT2D eigenvalue weighted by Gasteiger charge is 2.29. The lowest BCUT2D eigenvalue weighted by atomic mass is 9.98. The molecular formula is C49H47BrF6N8O3. The van der Waals surface area contributed by atoms with Gasteiger partial charge in [0.05, 0.1) is 41.9 Å². The minimum Gasteiger partial charge on any atom is -0.392 e. The molecule has 350 valence electrons. The molecule has 11 nitrogen and oxygen atoms in total. The van der Waals surface area contributed by atoms with E-state index in [1.54, 1.807) is 36.9 Å². The molecule has 2 heterocycles. The number of anilines is 2. The number of aliphatic hydroxyl groups is 1. The second-order valence-electron chi connectivity index (χ2n) is 16.8. The van der Waals surface area contributed by atoms with Crippen LogP contribution in [0.15, 0.2) is 102 Å². The Morgan fingerprint density at radius 1 is 0.672 bits per heavy atom. The number of aliphatic hydroxyl groups excluding tert-OH is 1. The number of carbonyl (C=O) groups is 2. The van der Waals surface area contributed by atoms with Crippen LogP contribution in [-0.4, -0.2) is 73.5 Å². The van der Waals surface area contributed by atoms with Gasteiger partial charge in [-0.1, -0.05) is 40.2 Å². The zero-order chi connectivity index (χ0) is 47.6. The number of aromatic nitrogens is 4. The third kappa shape index (κ3) is 11.6. The van der Waals surface area contributed by atoms with Gasteiger partial charge in [0, 0.05) is 52.1 Å². The fourth-order valence-electron chi connectivity index (χ4n) is 7.74. The van der Waals surface area contributed by atoms with Crippen molar-refractivity contribution in [3.05, 3.63) is 130 Å². The first-order valence-corrected chi connectivity index (χ1v) is 22.6. The number of alkyl halides is 6. The van der Waals surface area contributed by atoms with E-state index in [2.05, 4.69) is 47.2 Å². The highest BCUT2D eigenvalue weighted by atomic mass is 79.9. The Morgan fingerprint density at radius 2 is 1.15 bits per heavy atom. The molecule has 0 saturated heterocycles. The molecule has 2 fully saturated rings. The van der Waals surface area contributed by atoms with Gasteiger partial charge in [-0.25, -0.2) is 9.97 Å². The number of amides is 2. The van der Waals surface area contributed by atoms with Crippen molar-refractivity contribution in [2.24, 2.45) is 0 Å². The molecule has 0 unspecified atom stereocenters. The molecule has 5 aromatic carbocycles. The summed E-state index contributed by atoms with van der Waals surface area (Å²) in [6, 6.07) is 26.2. The molecule has 2 aromatic heterocycles. The SMILES string of the molecule is Cc1cc(-n2cnc3c(NCCC(F)(F)F)cc(-c4ccccc4CO)cc32)ccc1C(=O)NC1CC1.Cc1cc(-n2cnc3c(NCCC(F)(F)F)cc(Br)cc32)ccc1C(=O)NC1CC1. The van der Waals surface area contributed by atoms with Crippen LogP contribution >= 0.6 is 15.9 Å². The van der Waals surface area contributed by atoms with Gasteiger partial charge in [0.15, 0.2) is 0 Å². The Labute approximate surface area is 390 Å². The fourth-order valence-corrected chi connectivity index (χ4v) is 8.18. The van der Waals surface area contributed by atoms with Crippen molar-refractivity contribution in [2.75, 3.05) is 23.7 Å². The van der Waals surface area contributed by atoms with Crippen molar-refractivity contribution in [3.63, 3.8) is 0 Å². The van der Waals surface area contributed by atoms with E-state index in [1.807, 2.05) is 83.6 Å². The van der Waals surface area contributed by atoms with Gasteiger partial charge in [-0.2, -0.15) is 26.3 Å². The molecule has 67 heavy (non-hydrogen) atoms. The lowest BCUT2D eigenvalue weighted by molar-refractivity contribution is -0.132. The van der Waals surface area contributed by atoms with E-state index >= 15 is 0 Å². The van der Waals surface area contributed by atoms with Gasteiger partial charge in [0.1, 0.15) is 23.7 Å². The normalized spacial score (nSPS) is 13.9. The molecule has 2 aliphatic carbocycles. The van der Waals surface area contributed by atoms with Crippen molar-refractivity contribution < 1.29 is 41.0 Å². The maximum atomic E-state index is 12.8. The first-order valence-electron chi connectivity index (χ1n) is 21.8. The molecule has 0 spiro atoms. The average molecular weight is 990 g/mol. The molecule has 5 N–H and O–H groups in total. The molecule has 2 amide bonds. The van der Waals surface area contributed by atoms with E-state index in [1.165, 1.54) is 0 Å². The monoisotopic (exact) mass is 988 g/mol. The van der Waals surface area contributed by atoms with Gasteiger partial charge in [-0.15, -0.1) is 0 Å². The van der Waals surface area contributed by atoms with Crippen LogP contribution in [0.4, 0.5) is 37.7 Å². The van der Waals surface area contributed by atoms with Crippen LogP contribution in [0.3, 0.4) is 0 Å². The summed E-state index contributed by atoms with van der Waals surface area (Å²) in [5.74, 6) is -0.169. The minimum absolute atomic E-state index is 0.0732. The molecular weight excluding hydrogens is 942 g/mol. The number of nitrogens with zero attached hydrogens (tertiary/aromatic N) is 4. The number of benzene rings is 5. The van der Waals surface area contributed by atoms with Crippen LogP contribution in [0.1, 0.15) is 75.9 Å². The number of rotatable bonds is 14. The first-order chi connectivity index (χ1) is 31.9. The summed E-state index contributed by atoms with van der Waals surface area (Å²) in [5, 5.41) is 21.6. The van der Waals surface area contributed by atoms with Crippen LogP contribution < -0.4 is 21.3 Å². The van der Waals surface area contributed by atoms with Crippen molar-refractivity contribution in [1.29, 1.82) is 0 Å². The van der Waals surface area contributed by atoms with Crippen molar-refractivity contribution in [1.82, 2.24) is 29.7 Å². The van der Waals surface area contributed by atoms with Crippen LogP contribution in [0.25, 0.3) is 44.6 Å². The van der Waals surface area contributed by atoms with Gasteiger partial charge < -0.3 is 26.4 Å². The van der Waals surface area contributed by atoms with Gasteiger partial charge in [0.2, 0.25) is 0 Å². The van der Waals surface area contributed by atoms with Gasteiger partial charge in [0.25, 0.3) is 11.8 Å². The smallest absolute Gasteiger partial charge is 0.390 e. The van der Waals surface area contributed by atoms with Crippen molar-refractivity contribution in [3.8, 4) is 22.5 Å². The molecule has 7 aromatic rings. The summed E-state index contributed by atoms with van der Waals surface area (Å²) in [7, 11) is 0. The summed E-state index contributed by atoms with van der Waals surface area (Å²) in [6.45, 7) is 3.06. The quantitative estimate of drug-likeness (QED) is 0.0684. The van der Waals surface area contributed by atoms with Crippen molar-refractivity contribution >= 4 is 61.2 Å². The molecule has 2 saturated carbocycles. The highest BCUT2D eigenvalue weighted by Crippen LogP contribution is 2.35. The summed E-state index contributed by atoms with van der Waals surface area (Å²) in [5.41, 5.74) is 10.2. The van der Waals surface area contributed by atoms with Crippen LogP contribution in [0.5, 0.6) is 0 Å². The van der Waals surface area contributed by atoms with E-state index in [0.717, 1.165) is 69.3 Å². The molecule has 0 atom stereocenters. The number of imidazole rings is 2. The highest BCUT2D eigenvalue weighted by molar-refractivity contribution is 9.10. The Hall–Kier alpha value is -6.40. The number of carbonyl (C=O) groups excluding carboxylic acids is 2. The summed E-state index contributed by atoms with van der Waals surface area (Å²) >= 11 is 3.42. The standard InChI is InChI=1S/C28H27F3N4O2.C21H20BrF3N4O/c1-17-12-21(8-9-22(17)27(37)34-20-6-7-20)35-16-33-26-24(32-11-10-28(29,30)31)13-19(14-25(26)35)23-5-3-2-4-18(23)15-36;1-12-8-15(4-5-16(12)20(30)28-14-2-3-14)29-11-27-19-17(9-13(22)10-18(19)29)26-7-6-21(23,24)25/h2-5,8-9,12-14,16,20,32,36H,6-7,10-11,15H2,1H3,(H,34,37);4-5,8-11,14,26H,2-3,6-7H2,1H3,(H,28,30). The van der Waals surface area contributed by atoms with E-state index < -0.39 is 25.2 Å². The zero-order valence-electron chi connectivity index (χ0n) is 36.5. The molecule has 9 rings (SSSR count). The second-order valence-corrected chi connectivity index (χ2v) is 17.8. The number of hydrogen-bond donors (Lipinski definition) is 5. The molecule has 0 bridgehead atoms. The molecule has 0 radical (unpaired) electrons. The van der Waals surface area contributed by atoms with E-state index in [0.29, 0.717) is 44.6 Å². The molecule has 18 heteroatoms. The Bertz CT molecular complexity index is 2960. The van der Waals surface area contributed by atoms with Crippen LogP contribution in [0, 0.1) is 13.8 Å². The first kappa shape index (κ1) is 47.1. The minimum atomic E-state index is -4.28. The summed E-state index contributed by atoms with van der Waals surface area (Å²) in [4.78, 5) is 33.8. The molecule has 2 aliphatic rings. The number of halogens is 7. The van der Waals surface area contributed by atoms with Crippen molar-refractivity contribution in [2.45, 2.75) is 83.4 Å². The lowest BCUT2D eigenvalue weighted by Gasteiger charge is -2.15. The lowest BCUT2D eigenvalue weighted by Crippen LogP contribution is -2.26. The van der Waals surface area contributed by atoms with E-state index in [4.69, 9.17) is 0 Å². The maximum absolute atomic E-state index is 12.8. The summed E-state index contributed by atoms with van der Waals surface area (Å²) in [6.07, 6.45) is -3.08. The maximum Gasteiger partial charge on any atom is 0.390 e. The van der Waals surface area contributed by atoms with E-state index in [-0.39, 0.29) is 43.6 Å². The predicted molar refractivity (Wildman–Crippen MR) is 250 cm³/mol. The van der Waals surface area contributed by atoms with Crippen LogP contribution in [0.2, 0.25) is 0 Å².